The lowest BCUT2D eigenvalue weighted by Crippen LogP contribution is -2.54. The summed E-state index contributed by atoms with van der Waals surface area (Å²) in [6.45, 7) is 0. The molecular weight excluding hydrogens is 260 g/mol. The van der Waals surface area contributed by atoms with Gasteiger partial charge in [0.1, 0.15) is 0 Å². The van der Waals surface area contributed by atoms with Crippen LogP contribution in [0.4, 0.5) is 0 Å². The fraction of sp³-hybridized carbons (Fsp3) is 0.278. The first kappa shape index (κ1) is 12.6. The third-order valence-electron chi connectivity index (χ3n) is 4.70. The van der Waals surface area contributed by atoms with Crippen LogP contribution in [0.3, 0.4) is 0 Å². The molecule has 2 aliphatic heterocycles. The fourth-order valence-corrected chi connectivity index (χ4v) is 3.85. The van der Waals surface area contributed by atoms with Crippen molar-refractivity contribution in [3.05, 3.63) is 70.8 Å². The van der Waals surface area contributed by atoms with Gasteiger partial charge in [0.25, 0.3) is 5.91 Å². The Labute approximate surface area is 124 Å². The standard InChI is InChI=1S/C18H18N2O/c1-20(2)17(21)18-14-9-5-3-7-12(14)11-16(19-18)13-8-4-6-10-15(13)18/h3-10,16,19H,11H2,1-2H3. The third kappa shape index (κ3) is 1.49. The Morgan fingerprint density at radius 1 is 1.10 bits per heavy atom. The van der Waals surface area contributed by atoms with Gasteiger partial charge in [-0.05, 0) is 28.7 Å². The number of rotatable bonds is 1. The van der Waals surface area contributed by atoms with E-state index in [9.17, 15) is 4.79 Å². The number of carbonyl (C=O) groups is 1. The smallest absolute Gasteiger partial charge is 0.251 e. The molecule has 21 heavy (non-hydrogen) atoms. The van der Waals surface area contributed by atoms with Gasteiger partial charge in [-0.25, -0.2) is 0 Å². The summed E-state index contributed by atoms with van der Waals surface area (Å²) in [5, 5.41) is 3.62. The molecule has 2 unspecified atom stereocenters. The lowest BCUT2D eigenvalue weighted by molar-refractivity contribution is -0.134. The SMILES string of the molecule is CN(C)C(=O)C12NC(Cc3ccccc31)c1ccccc12. The average molecular weight is 278 g/mol. The zero-order valence-electron chi connectivity index (χ0n) is 12.3. The van der Waals surface area contributed by atoms with E-state index < -0.39 is 5.54 Å². The van der Waals surface area contributed by atoms with Gasteiger partial charge in [-0.3, -0.25) is 10.1 Å². The van der Waals surface area contributed by atoms with Gasteiger partial charge in [-0.1, -0.05) is 48.5 Å². The van der Waals surface area contributed by atoms with E-state index >= 15 is 0 Å². The Morgan fingerprint density at radius 3 is 2.52 bits per heavy atom. The van der Waals surface area contributed by atoms with Crippen molar-refractivity contribution in [2.45, 2.75) is 18.0 Å². The molecule has 2 aliphatic rings. The molecule has 0 saturated carbocycles. The van der Waals surface area contributed by atoms with Gasteiger partial charge in [-0.15, -0.1) is 0 Å². The van der Waals surface area contributed by atoms with Crippen LogP contribution in [0.1, 0.15) is 28.3 Å². The van der Waals surface area contributed by atoms with Gasteiger partial charge < -0.3 is 4.90 Å². The van der Waals surface area contributed by atoms with Crippen LogP contribution < -0.4 is 5.32 Å². The average Bonchev–Trinajstić information content (AvgIpc) is 2.78. The molecule has 0 radical (unpaired) electrons. The maximum atomic E-state index is 13.1. The van der Waals surface area contributed by atoms with Gasteiger partial charge in [-0.2, -0.15) is 0 Å². The highest BCUT2D eigenvalue weighted by Crippen LogP contribution is 2.49. The highest BCUT2D eigenvalue weighted by molar-refractivity contribution is 5.94. The normalized spacial score (nSPS) is 25.1. The molecule has 0 aliphatic carbocycles. The predicted octanol–water partition coefficient (Wildman–Crippen LogP) is 2.22. The summed E-state index contributed by atoms with van der Waals surface area (Å²) >= 11 is 0. The van der Waals surface area contributed by atoms with E-state index in [4.69, 9.17) is 0 Å². The second-order valence-corrected chi connectivity index (χ2v) is 6.10. The zero-order valence-corrected chi connectivity index (χ0v) is 12.3. The topological polar surface area (TPSA) is 32.3 Å². The molecule has 2 bridgehead atoms. The number of fused-ring (bicyclic) bond motifs is 7. The van der Waals surface area contributed by atoms with Gasteiger partial charge in [0, 0.05) is 20.1 Å². The number of nitrogens with one attached hydrogen (secondary N) is 1. The predicted molar refractivity (Wildman–Crippen MR) is 81.9 cm³/mol. The second-order valence-electron chi connectivity index (χ2n) is 6.10. The second kappa shape index (κ2) is 4.18. The lowest BCUT2D eigenvalue weighted by Gasteiger charge is -2.38. The maximum Gasteiger partial charge on any atom is 0.251 e. The number of likely N-dealkylation sites (N-methyl/N-ethyl adjacent to an activating group) is 1. The largest absolute Gasteiger partial charge is 0.347 e. The zero-order chi connectivity index (χ0) is 14.6. The molecule has 0 saturated heterocycles. The van der Waals surface area contributed by atoms with Crippen molar-refractivity contribution < 1.29 is 4.79 Å². The highest BCUT2D eigenvalue weighted by atomic mass is 16.2. The number of benzene rings is 2. The van der Waals surface area contributed by atoms with Gasteiger partial charge in [0.05, 0.1) is 0 Å². The van der Waals surface area contributed by atoms with E-state index in [0.717, 1.165) is 17.5 Å². The van der Waals surface area contributed by atoms with Crippen molar-refractivity contribution in [3.8, 4) is 0 Å². The quantitative estimate of drug-likeness (QED) is 0.867. The molecule has 3 heteroatoms. The van der Waals surface area contributed by atoms with Crippen LogP contribution in [0.15, 0.2) is 48.5 Å². The summed E-state index contributed by atoms with van der Waals surface area (Å²) in [6.07, 6.45) is 0.940. The van der Waals surface area contributed by atoms with E-state index in [2.05, 4.69) is 41.7 Å². The van der Waals surface area contributed by atoms with Crippen molar-refractivity contribution in [2.24, 2.45) is 0 Å². The molecule has 2 aromatic carbocycles. The number of carbonyl (C=O) groups excluding carboxylic acids is 1. The van der Waals surface area contributed by atoms with E-state index in [1.807, 2.05) is 26.2 Å². The molecule has 1 N–H and O–H groups in total. The van der Waals surface area contributed by atoms with Crippen molar-refractivity contribution in [1.82, 2.24) is 10.2 Å². The van der Waals surface area contributed by atoms with Gasteiger partial charge in [0.2, 0.25) is 0 Å². The molecule has 2 heterocycles. The van der Waals surface area contributed by atoms with Crippen LogP contribution in [0.5, 0.6) is 0 Å². The molecule has 0 fully saturated rings. The van der Waals surface area contributed by atoms with Gasteiger partial charge in [0.15, 0.2) is 5.54 Å². The number of hydrogen-bond acceptors (Lipinski definition) is 2. The van der Waals surface area contributed by atoms with Crippen molar-refractivity contribution in [3.63, 3.8) is 0 Å². The molecule has 106 valence electrons. The van der Waals surface area contributed by atoms with Crippen LogP contribution in [0.2, 0.25) is 0 Å². The molecule has 2 atom stereocenters. The van der Waals surface area contributed by atoms with Crippen molar-refractivity contribution in [2.75, 3.05) is 14.1 Å². The summed E-state index contributed by atoms with van der Waals surface area (Å²) in [4.78, 5) is 14.8. The lowest BCUT2D eigenvalue weighted by atomic mass is 9.79. The van der Waals surface area contributed by atoms with Crippen molar-refractivity contribution in [1.29, 1.82) is 0 Å². The summed E-state index contributed by atoms with van der Waals surface area (Å²) in [6, 6.07) is 16.8. The van der Waals surface area contributed by atoms with Crippen molar-refractivity contribution >= 4 is 5.91 Å². The first-order valence-corrected chi connectivity index (χ1v) is 7.32. The van der Waals surface area contributed by atoms with Gasteiger partial charge >= 0.3 is 0 Å². The first-order valence-electron chi connectivity index (χ1n) is 7.32. The minimum absolute atomic E-state index is 0.101. The van der Waals surface area contributed by atoms with E-state index in [-0.39, 0.29) is 11.9 Å². The minimum Gasteiger partial charge on any atom is -0.347 e. The molecular formula is C18H18N2O. The molecule has 0 spiro atoms. The molecule has 2 aromatic rings. The van der Waals surface area contributed by atoms with Crippen LogP contribution >= 0.6 is 0 Å². The summed E-state index contributed by atoms with van der Waals surface area (Å²) in [5.41, 5.74) is 4.01. The fourth-order valence-electron chi connectivity index (χ4n) is 3.85. The highest BCUT2D eigenvalue weighted by Gasteiger charge is 2.54. The Balaban J connectivity index is 2.06. The van der Waals surface area contributed by atoms with Crippen LogP contribution in [-0.4, -0.2) is 24.9 Å². The van der Waals surface area contributed by atoms with E-state index in [0.29, 0.717) is 0 Å². The molecule has 3 nitrogen and oxygen atoms in total. The Morgan fingerprint density at radius 2 is 1.76 bits per heavy atom. The monoisotopic (exact) mass is 278 g/mol. The number of amides is 1. The van der Waals surface area contributed by atoms with E-state index in [1.165, 1.54) is 11.1 Å². The summed E-state index contributed by atoms with van der Waals surface area (Å²) in [5.74, 6) is 0.101. The Hall–Kier alpha value is -2.13. The first-order chi connectivity index (χ1) is 10.1. The summed E-state index contributed by atoms with van der Waals surface area (Å²) in [7, 11) is 3.65. The van der Waals surface area contributed by atoms with Crippen LogP contribution in [-0.2, 0) is 16.8 Å². The Bertz CT molecular complexity index is 725. The summed E-state index contributed by atoms with van der Waals surface area (Å²) < 4.78 is 0. The third-order valence-corrected chi connectivity index (χ3v) is 4.70. The molecule has 4 rings (SSSR count). The minimum atomic E-state index is -0.723. The van der Waals surface area contributed by atoms with Crippen LogP contribution in [0.25, 0.3) is 0 Å². The molecule has 1 amide bonds. The number of hydrogen-bond donors (Lipinski definition) is 1. The van der Waals surface area contributed by atoms with E-state index in [1.54, 1.807) is 4.90 Å². The van der Waals surface area contributed by atoms with Crippen LogP contribution in [0, 0.1) is 0 Å². The Kier molecular flexibility index (Phi) is 2.51. The maximum absolute atomic E-state index is 13.1. The molecule has 0 aromatic heterocycles. The number of nitrogens with zero attached hydrogens (tertiary/aromatic N) is 1.